The number of imidazole rings is 1. The van der Waals surface area contributed by atoms with E-state index in [-0.39, 0.29) is 12.0 Å². The molecular weight excluding hydrogens is 354 g/mol. The Bertz CT molecular complexity index is 780. The topological polar surface area (TPSA) is 83.7 Å². The second-order valence-corrected chi connectivity index (χ2v) is 7.55. The highest BCUT2D eigenvalue weighted by atomic mass is 16.5. The van der Waals surface area contributed by atoms with Gasteiger partial charge in [0.1, 0.15) is 5.82 Å². The van der Waals surface area contributed by atoms with Crippen LogP contribution in [-0.4, -0.2) is 60.1 Å². The molecule has 1 atom stereocenters. The lowest BCUT2D eigenvalue weighted by molar-refractivity contribution is 0.131. The van der Waals surface area contributed by atoms with E-state index in [2.05, 4.69) is 52.2 Å². The smallest absolute Gasteiger partial charge is 0.191 e. The number of hydrogen-bond acceptors (Lipinski definition) is 4. The van der Waals surface area contributed by atoms with Crippen molar-refractivity contribution in [2.45, 2.75) is 39.7 Å². The largest absolute Gasteiger partial charge is 0.396 e. The maximum Gasteiger partial charge on any atom is 0.191 e. The molecule has 2 aromatic rings. The number of nitrogens with zero attached hydrogens (tertiary/aromatic N) is 3. The number of ether oxygens (including phenoxy) is 1. The number of hydrogen-bond donors (Lipinski definition) is 3. The minimum atomic E-state index is -0.0239. The number of guanidine groups is 1. The van der Waals surface area contributed by atoms with E-state index >= 15 is 0 Å². The molecule has 3 rings (SSSR count). The van der Waals surface area contributed by atoms with Crippen molar-refractivity contribution in [1.29, 1.82) is 0 Å². The zero-order valence-corrected chi connectivity index (χ0v) is 17.1. The van der Waals surface area contributed by atoms with Crippen molar-refractivity contribution in [3.05, 3.63) is 30.1 Å². The molecule has 0 bridgehead atoms. The third-order valence-corrected chi connectivity index (χ3v) is 5.44. The summed E-state index contributed by atoms with van der Waals surface area (Å²) < 4.78 is 7.83. The van der Waals surface area contributed by atoms with Gasteiger partial charge in [-0.1, -0.05) is 12.1 Å². The van der Waals surface area contributed by atoms with Crippen LogP contribution in [0.1, 0.15) is 32.0 Å². The Morgan fingerprint density at radius 3 is 2.96 bits per heavy atom. The molecule has 2 heterocycles. The van der Waals surface area contributed by atoms with E-state index < -0.39 is 0 Å². The highest BCUT2D eigenvalue weighted by Gasteiger charge is 2.34. The van der Waals surface area contributed by atoms with E-state index in [0.29, 0.717) is 13.2 Å². The monoisotopic (exact) mass is 387 g/mol. The molecule has 7 heteroatoms. The van der Waals surface area contributed by atoms with E-state index in [4.69, 9.17) is 9.73 Å². The first-order valence-electron chi connectivity index (χ1n) is 10.3. The maximum atomic E-state index is 9.38. The minimum Gasteiger partial charge on any atom is -0.396 e. The average molecular weight is 388 g/mol. The molecule has 0 radical (unpaired) electrons. The van der Waals surface area contributed by atoms with E-state index in [1.165, 1.54) is 5.52 Å². The summed E-state index contributed by atoms with van der Waals surface area (Å²) in [5.41, 5.74) is 2.22. The average Bonchev–Trinajstić information content (AvgIpc) is 3.28. The summed E-state index contributed by atoms with van der Waals surface area (Å²) in [6.07, 6.45) is 2.68. The Labute approximate surface area is 167 Å². The van der Waals surface area contributed by atoms with Gasteiger partial charge in [0, 0.05) is 38.3 Å². The summed E-state index contributed by atoms with van der Waals surface area (Å²) in [5, 5.41) is 16.1. The molecule has 1 aliphatic rings. The predicted octanol–water partition coefficient (Wildman–Crippen LogP) is 2.08. The fourth-order valence-corrected chi connectivity index (χ4v) is 3.80. The molecule has 0 amide bonds. The molecule has 1 aliphatic heterocycles. The second kappa shape index (κ2) is 9.89. The van der Waals surface area contributed by atoms with Gasteiger partial charge in [-0.05, 0) is 45.2 Å². The van der Waals surface area contributed by atoms with Crippen molar-refractivity contribution in [1.82, 2.24) is 20.2 Å². The van der Waals surface area contributed by atoms with Gasteiger partial charge >= 0.3 is 0 Å². The number of fused-ring (bicyclic) bond motifs is 1. The Morgan fingerprint density at radius 1 is 1.36 bits per heavy atom. The first kappa shape index (κ1) is 20.6. The number of benzene rings is 1. The molecule has 0 spiro atoms. The zero-order chi connectivity index (χ0) is 19.8. The van der Waals surface area contributed by atoms with Gasteiger partial charge in [-0.15, -0.1) is 0 Å². The van der Waals surface area contributed by atoms with Crippen LogP contribution >= 0.6 is 0 Å². The third-order valence-electron chi connectivity index (χ3n) is 5.44. The fourth-order valence-electron chi connectivity index (χ4n) is 3.80. The predicted molar refractivity (Wildman–Crippen MR) is 113 cm³/mol. The molecule has 1 aromatic heterocycles. The standard InChI is InChI=1S/C21H33N5O2/c1-3-22-20(24-15-21(9-13-27)10-14-28-16-21)23-11-6-12-26-17(2)25-18-7-4-5-8-19(18)26/h4-5,7-8,27H,3,6,9-16H2,1-2H3,(H2,22,23,24). The first-order valence-corrected chi connectivity index (χ1v) is 10.3. The normalized spacial score (nSPS) is 20.0. The Hall–Kier alpha value is -2.12. The molecular formula is C21H33N5O2. The molecule has 1 aromatic carbocycles. The molecule has 0 saturated carbocycles. The number of aromatic nitrogens is 2. The number of para-hydroxylation sites is 2. The van der Waals surface area contributed by atoms with Crippen LogP contribution in [0.15, 0.2) is 29.3 Å². The highest BCUT2D eigenvalue weighted by molar-refractivity contribution is 5.79. The zero-order valence-electron chi connectivity index (χ0n) is 17.1. The van der Waals surface area contributed by atoms with Gasteiger partial charge in [0.15, 0.2) is 5.96 Å². The fraction of sp³-hybridized carbons (Fsp3) is 0.619. The minimum absolute atomic E-state index is 0.0239. The number of aryl methyl sites for hydroxylation is 2. The Kier molecular flexibility index (Phi) is 7.28. The Morgan fingerprint density at radius 2 is 2.21 bits per heavy atom. The van der Waals surface area contributed by atoms with Gasteiger partial charge in [-0.2, -0.15) is 0 Å². The molecule has 1 unspecified atom stereocenters. The molecule has 7 nitrogen and oxygen atoms in total. The summed E-state index contributed by atoms with van der Waals surface area (Å²) in [5.74, 6) is 1.88. The number of rotatable bonds is 9. The van der Waals surface area contributed by atoms with Crippen molar-refractivity contribution in [2.24, 2.45) is 10.4 Å². The van der Waals surface area contributed by atoms with Crippen LogP contribution in [0.3, 0.4) is 0 Å². The molecule has 154 valence electrons. The van der Waals surface area contributed by atoms with Gasteiger partial charge in [0.2, 0.25) is 0 Å². The quantitative estimate of drug-likeness (QED) is 0.349. The lowest BCUT2D eigenvalue weighted by atomic mass is 9.84. The van der Waals surface area contributed by atoms with E-state index in [1.54, 1.807) is 0 Å². The van der Waals surface area contributed by atoms with Crippen LogP contribution in [0.2, 0.25) is 0 Å². The van der Waals surface area contributed by atoms with E-state index in [9.17, 15) is 5.11 Å². The molecule has 3 N–H and O–H groups in total. The summed E-state index contributed by atoms with van der Waals surface area (Å²) in [6.45, 7) is 9.00. The van der Waals surface area contributed by atoms with Crippen molar-refractivity contribution < 1.29 is 9.84 Å². The van der Waals surface area contributed by atoms with E-state index in [1.807, 2.05) is 6.07 Å². The summed E-state index contributed by atoms with van der Waals surface area (Å²) >= 11 is 0. The van der Waals surface area contributed by atoms with E-state index in [0.717, 1.165) is 62.8 Å². The van der Waals surface area contributed by atoms with Gasteiger partial charge in [-0.3, -0.25) is 4.99 Å². The summed E-state index contributed by atoms with van der Waals surface area (Å²) in [7, 11) is 0. The summed E-state index contributed by atoms with van der Waals surface area (Å²) in [6, 6.07) is 8.27. The number of aliphatic hydroxyl groups is 1. The van der Waals surface area contributed by atoms with Gasteiger partial charge in [0.25, 0.3) is 0 Å². The van der Waals surface area contributed by atoms with Crippen molar-refractivity contribution in [2.75, 3.05) is 39.5 Å². The first-order chi connectivity index (χ1) is 13.7. The lowest BCUT2D eigenvalue weighted by Crippen LogP contribution is -2.39. The van der Waals surface area contributed by atoms with Crippen LogP contribution in [0.4, 0.5) is 0 Å². The van der Waals surface area contributed by atoms with Crippen LogP contribution in [-0.2, 0) is 11.3 Å². The second-order valence-electron chi connectivity index (χ2n) is 7.55. The molecule has 28 heavy (non-hydrogen) atoms. The molecule has 1 saturated heterocycles. The number of aliphatic imine (C=N–C) groups is 1. The lowest BCUT2D eigenvalue weighted by Gasteiger charge is -2.24. The van der Waals surface area contributed by atoms with Crippen LogP contribution in [0, 0.1) is 12.3 Å². The van der Waals surface area contributed by atoms with Crippen LogP contribution < -0.4 is 10.6 Å². The van der Waals surface area contributed by atoms with Gasteiger partial charge in [0.05, 0.1) is 24.2 Å². The van der Waals surface area contributed by atoms with Crippen molar-refractivity contribution in [3.63, 3.8) is 0 Å². The van der Waals surface area contributed by atoms with Crippen LogP contribution in [0.5, 0.6) is 0 Å². The molecule has 1 fully saturated rings. The van der Waals surface area contributed by atoms with Gasteiger partial charge < -0.3 is 25.0 Å². The van der Waals surface area contributed by atoms with Crippen LogP contribution in [0.25, 0.3) is 11.0 Å². The third kappa shape index (κ3) is 5.02. The highest BCUT2D eigenvalue weighted by Crippen LogP contribution is 2.32. The Balaban J connectivity index is 1.54. The SMILES string of the molecule is CCNC(=NCC1(CCO)CCOC1)NCCCn1c(C)nc2ccccc21. The number of nitrogens with one attached hydrogen (secondary N) is 2. The van der Waals surface area contributed by atoms with Gasteiger partial charge in [-0.25, -0.2) is 4.98 Å². The summed E-state index contributed by atoms with van der Waals surface area (Å²) in [4.78, 5) is 9.40. The maximum absolute atomic E-state index is 9.38. The number of aliphatic hydroxyl groups excluding tert-OH is 1. The molecule has 0 aliphatic carbocycles. The van der Waals surface area contributed by atoms with Crippen molar-refractivity contribution in [3.8, 4) is 0 Å². The van der Waals surface area contributed by atoms with Crippen molar-refractivity contribution >= 4 is 17.0 Å².